The van der Waals surface area contributed by atoms with Crippen molar-refractivity contribution < 1.29 is 22.3 Å². The fraction of sp³-hybridized carbons (Fsp3) is 0.400. The highest BCUT2D eigenvalue weighted by Gasteiger charge is 2.33. The van der Waals surface area contributed by atoms with Crippen LogP contribution in [0.3, 0.4) is 0 Å². The zero-order chi connectivity index (χ0) is 13.1. The quantitative estimate of drug-likeness (QED) is 0.772. The molecule has 0 amide bonds. The van der Waals surface area contributed by atoms with Crippen LogP contribution in [0.2, 0.25) is 0 Å². The molecule has 0 saturated carbocycles. The van der Waals surface area contributed by atoms with Gasteiger partial charge in [-0.2, -0.15) is 5.26 Å². The maximum absolute atomic E-state index is 12.6. The van der Waals surface area contributed by atoms with Crippen molar-refractivity contribution in [3.05, 3.63) is 22.9 Å². The molecule has 1 aromatic heterocycles. The molecule has 0 atom stereocenters. The standard InChI is InChI=1S/C10H8F4N2O/c1-6-4-7(2-3-15)16-9(8(6)5-11)17-10(12,13)14/h4H,2,5H2,1H3. The summed E-state index contributed by atoms with van der Waals surface area (Å²) in [5, 5.41) is 8.43. The number of alkyl halides is 4. The van der Waals surface area contributed by atoms with Crippen molar-refractivity contribution in [3.63, 3.8) is 0 Å². The van der Waals surface area contributed by atoms with Crippen LogP contribution in [-0.2, 0) is 13.1 Å². The summed E-state index contributed by atoms with van der Waals surface area (Å²) in [7, 11) is 0. The van der Waals surface area contributed by atoms with Gasteiger partial charge in [0.1, 0.15) is 6.67 Å². The molecule has 0 N–H and O–H groups in total. The number of ether oxygens (including phenoxy) is 1. The lowest BCUT2D eigenvalue weighted by Crippen LogP contribution is -2.19. The van der Waals surface area contributed by atoms with Gasteiger partial charge in [0.05, 0.1) is 18.2 Å². The molecule has 0 radical (unpaired) electrons. The van der Waals surface area contributed by atoms with Gasteiger partial charge in [0.15, 0.2) is 0 Å². The number of rotatable bonds is 3. The summed E-state index contributed by atoms with van der Waals surface area (Å²) < 4.78 is 52.4. The first-order valence-corrected chi connectivity index (χ1v) is 4.55. The van der Waals surface area contributed by atoms with Gasteiger partial charge in [-0.25, -0.2) is 9.37 Å². The van der Waals surface area contributed by atoms with Crippen LogP contribution >= 0.6 is 0 Å². The first-order valence-electron chi connectivity index (χ1n) is 4.55. The summed E-state index contributed by atoms with van der Waals surface area (Å²) >= 11 is 0. The Hall–Kier alpha value is -1.84. The van der Waals surface area contributed by atoms with Crippen molar-refractivity contribution in [2.75, 3.05) is 0 Å². The van der Waals surface area contributed by atoms with Crippen molar-refractivity contribution in [1.82, 2.24) is 4.98 Å². The molecule has 0 spiro atoms. The molecule has 0 bridgehead atoms. The highest BCUT2D eigenvalue weighted by atomic mass is 19.4. The predicted molar refractivity (Wildman–Crippen MR) is 49.8 cm³/mol. The second-order valence-electron chi connectivity index (χ2n) is 3.23. The second-order valence-corrected chi connectivity index (χ2v) is 3.23. The van der Waals surface area contributed by atoms with Crippen LogP contribution in [0, 0.1) is 18.3 Å². The van der Waals surface area contributed by atoms with E-state index in [1.54, 1.807) is 6.07 Å². The molecule has 92 valence electrons. The Morgan fingerprint density at radius 1 is 1.47 bits per heavy atom. The number of halogens is 4. The van der Waals surface area contributed by atoms with E-state index in [2.05, 4.69) is 9.72 Å². The molecule has 3 nitrogen and oxygen atoms in total. The summed E-state index contributed by atoms with van der Waals surface area (Å²) in [6.07, 6.45) is -5.10. The van der Waals surface area contributed by atoms with Crippen molar-refractivity contribution in [2.24, 2.45) is 0 Å². The summed E-state index contributed by atoms with van der Waals surface area (Å²) in [5.41, 5.74) is 0.123. The Bertz CT molecular complexity index is 451. The van der Waals surface area contributed by atoms with Crippen LogP contribution in [0.15, 0.2) is 6.07 Å². The van der Waals surface area contributed by atoms with Crippen molar-refractivity contribution in [1.29, 1.82) is 5.26 Å². The zero-order valence-electron chi connectivity index (χ0n) is 8.81. The van der Waals surface area contributed by atoms with E-state index >= 15 is 0 Å². The van der Waals surface area contributed by atoms with E-state index in [0.717, 1.165) is 0 Å². The molecular weight excluding hydrogens is 240 g/mol. The average Bonchev–Trinajstić information content (AvgIpc) is 2.15. The van der Waals surface area contributed by atoms with Crippen molar-refractivity contribution in [2.45, 2.75) is 26.4 Å². The molecule has 0 aromatic carbocycles. The number of hydrogen-bond acceptors (Lipinski definition) is 3. The van der Waals surface area contributed by atoms with Crippen LogP contribution in [0.4, 0.5) is 17.6 Å². The third-order valence-electron chi connectivity index (χ3n) is 1.97. The number of pyridine rings is 1. The number of nitrogens with zero attached hydrogens (tertiary/aromatic N) is 2. The summed E-state index contributed by atoms with van der Waals surface area (Å²) in [5.74, 6) is -0.828. The fourth-order valence-corrected chi connectivity index (χ4v) is 1.26. The van der Waals surface area contributed by atoms with Gasteiger partial charge in [-0.3, -0.25) is 0 Å². The Labute approximate surface area is 94.6 Å². The molecule has 1 rings (SSSR count). The van der Waals surface area contributed by atoms with Crippen LogP contribution in [0.1, 0.15) is 16.8 Å². The highest BCUT2D eigenvalue weighted by Crippen LogP contribution is 2.28. The van der Waals surface area contributed by atoms with Gasteiger partial charge in [-0.1, -0.05) is 0 Å². The monoisotopic (exact) mass is 248 g/mol. The molecule has 17 heavy (non-hydrogen) atoms. The lowest BCUT2D eigenvalue weighted by Gasteiger charge is -2.13. The molecule has 0 fully saturated rings. The van der Waals surface area contributed by atoms with Crippen molar-refractivity contribution >= 4 is 0 Å². The smallest absolute Gasteiger partial charge is 0.387 e. The van der Waals surface area contributed by atoms with Gasteiger partial charge in [0.2, 0.25) is 5.88 Å². The Balaban J connectivity index is 3.20. The van der Waals surface area contributed by atoms with Gasteiger partial charge in [0, 0.05) is 5.56 Å². The Morgan fingerprint density at radius 2 is 2.12 bits per heavy atom. The van der Waals surface area contributed by atoms with E-state index in [9.17, 15) is 17.6 Å². The third-order valence-corrected chi connectivity index (χ3v) is 1.97. The van der Waals surface area contributed by atoms with Crippen LogP contribution < -0.4 is 4.74 Å². The second kappa shape index (κ2) is 4.99. The summed E-state index contributed by atoms with van der Waals surface area (Å²) in [6, 6.07) is 3.11. The Kier molecular flexibility index (Phi) is 3.89. The Morgan fingerprint density at radius 3 is 2.59 bits per heavy atom. The van der Waals surface area contributed by atoms with Gasteiger partial charge in [-0.15, -0.1) is 13.2 Å². The molecular formula is C10H8F4N2O. The number of aromatic nitrogens is 1. The predicted octanol–water partition coefficient (Wildman–Crippen LogP) is 2.82. The summed E-state index contributed by atoms with van der Waals surface area (Å²) in [4.78, 5) is 3.47. The van der Waals surface area contributed by atoms with Gasteiger partial charge in [-0.05, 0) is 18.6 Å². The van der Waals surface area contributed by atoms with Gasteiger partial charge >= 0.3 is 6.36 Å². The molecule has 0 unspecified atom stereocenters. The lowest BCUT2D eigenvalue weighted by molar-refractivity contribution is -0.276. The maximum atomic E-state index is 12.6. The van der Waals surface area contributed by atoms with E-state index in [0.29, 0.717) is 0 Å². The van der Waals surface area contributed by atoms with Crippen LogP contribution in [-0.4, -0.2) is 11.3 Å². The van der Waals surface area contributed by atoms with Crippen LogP contribution in [0.5, 0.6) is 5.88 Å². The average molecular weight is 248 g/mol. The van der Waals surface area contributed by atoms with Crippen molar-refractivity contribution in [3.8, 4) is 11.9 Å². The molecule has 7 heteroatoms. The van der Waals surface area contributed by atoms with E-state index in [1.807, 2.05) is 0 Å². The first kappa shape index (κ1) is 13.2. The first-order chi connectivity index (χ1) is 7.87. The minimum atomic E-state index is -4.94. The minimum absolute atomic E-state index is 0.112. The number of hydrogen-bond donors (Lipinski definition) is 0. The normalized spacial score (nSPS) is 11.1. The molecule has 0 saturated heterocycles. The number of nitriles is 1. The van der Waals surface area contributed by atoms with Gasteiger partial charge in [0.25, 0.3) is 0 Å². The highest BCUT2D eigenvalue weighted by molar-refractivity contribution is 5.36. The molecule has 0 aliphatic rings. The fourth-order valence-electron chi connectivity index (χ4n) is 1.26. The topological polar surface area (TPSA) is 45.9 Å². The molecule has 1 aromatic rings. The minimum Gasteiger partial charge on any atom is -0.387 e. The molecule has 1 heterocycles. The molecule has 0 aliphatic heterocycles. The largest absolute Gasteiger partial charge is 0.574 e. The lowest BCUT2D eigenvalue weighted by atomic mass is 10.1. The van der Waals surface area contributed by atoms with Crippen LogP contribution in [0.25, 0.3) is 0 Å². The number of aryl methyl sites for hydroxylation is 1. The molecule has 0 aliphatic carbocycles. The maximum Gasteiger partial charge on any atom is 0.574 e. The van der Waals surface area contributed by atoms with E-state index in [4.69, 9.17) is 5.26 Å². The van der Waals surface area contributed by atoms with E-state index in [1.165, 1.54) is 13.0 Å². The van der Waals surface area contributed by atoms with E-state index < -0.39 is 18.9 Å². The zero-order valence-corrected chi connectivity index (χ0v) is 8.81. The van der Waals surface area contributed by atoms with E-state index in [-0.39, 0.29) is 23.2 Å². The summed E-state index contributed by atoms with van der Waals surface area (Å²) in [6.45, 7) is 0.317. The van der Waals surface area contributed by atoms with Gasteiger partial charge < -0.3 is 4.74 Å². The SMILES string of the molecule is Cc1cc(CC#N)nc(OC(F)(F)F)c1CF. The third kappa shape index (κ3) is 3.59.